The summed E-state index contributed by atoms with van der Waals surface area (Å²) >= 11 is 0. The fourth-order valence-electron chi connectivity index (χ4n) is 0.122. The van der Waals surface area contributed by atoms with Crippen molar-refractivity contribution in [2.45, 2.75) is 6.92 Å². The molecule has 5 heteroatoms. The first-order valence-corrected chi connectivity index (χ1v) is 4.22. The summed E-state index contributed by atoms with van der Waals surface area (Å²) in [6.45, 7) is 2.03. The van der Waals surface area contributed by atoms with E-state index in [-0.39, 0.29) is 17.6 Å². The van der Waals surface area contributed by atoms with Crippen molar-refractivity contribution in [3.05, 3.63) is 0 Å². The molecular weight excluding hydrogens is 164 g/mol. The van der Waals surface area contributed by atoms with Gasteiger partial charge in [0.15, 0.2) is 5.17 Å². The van der Waals surface area contributed by atoms with Gasteiger partial charge in [-0.1, -0.05) is 17.7 Å². The predicted octanol–water partition coefficient (Wildman–Crippen LogP) is 1.70. The highest BCUT2D eigenvalue weighted by Crippen LogP contribution is 2.18. The zero-order valence-electron chi connectivity index (χ0n) is 4.51. The van der Waals surface area contributed by atoms with Crippen LogP contribution in [0.3, 0.4) is 0 Å². The lowest BCUT2D eigenvalue weighted by atomic mass is 11.0. The Kier molecular flexibility index (Phi) is 10.5. The minimum Gasteiger partial charge on any atom is -0.378 e. The van der Waals surface area contributed by atoms with Gasteiger partial charge >= 0.3 is 0 Å². The van der Waals surface area contributed by atoms with E-state index in [4.69, 9.17) is 11.1 Å². The second-order valence-corrected chi connectivity index (χ2v) is 3.48. The number of rotatable bonds is 2. The topological polar surface area (TPSA) is 49.9 Å². The van der Waals surface area contributed by atoms with Gasteiger partial charge in [-0.15, -0.1) is 12.4 Å². The smallest absolute Gasteiger partial charge is 0.161 e. The lowest BCUT2D eigenvalue weighted by Gasteiger charge is -1.89. The van der Waals surface area contributed by atoms with Crippen LogP contribution in [0.2, 0.25) is 0 Å². The first-order valence-electron chi connectivity index (χ1n) is 1.91. The van der Waals surface area contributed by atoms with Crippen LogP contribution in [-0.2, 0) is 0 Å². The van der Waals surface area contributed by atoms with E-state index in [1.165, 1.54) is 10.8 Å². The van der Waals surface area contributed by atoms with Crippen LogP contribution in [0.5, 0.6) is 0 Å². The van der Waals surface area contributed by atoms with E-state index in [1.54, 1.807) is 10.8 Å². The molecule has 0 amide bonds. The Morgan fingerprint density at radius 3 is 2.38 bits per heavy atom. The summed E-state index contributed by atoms with van der Waals surface area (Å²) in [4.78, 5) is 0. The minimum absolute atomic E-state index is 0. The first-order chi connectivity index (χ1) is 3.27. The molecule has 0 aromatic rings. The molecule has 0 aromatic carbocycles. The van der Waals surface area contributed by atoms with Crippen molar-refractivity contribution in [2.75, 3.05) is 5.75 Å². The average molecular weight is 173 g/mol. The largest absolute Gasteiger partial charge is 0.378 e. The standard InChI is InChI=1S/C3H8N2S2.ClH/c1-2-6-7-3(4)5;/h2H2,1H3,(H3,4,5);1H. The molecule has 3 N–H and O–H groups in total. The zero-order chi connectivity index (χ0) is 5.70. The molecule has 0 fully saturated rings. The third-order valence-electron chi connectivity index (χ3n) is 0.267. The van der Waals surface area contributed by atoms with E-state index in [0.29, 0.717) is 0 Å². The molecule has 0 aliphatic heterocycles. The van der Waals surface area contributed by atoms with Gasteiger partial charge in [-0.05, 0) is 10.8 Å². The summed E-state index contributed by atoms with van der Waals surface area (Å²) in [6, 6.07) is 0. The molecule has 0 saturated heterocycles. The molecule has 0 aliphatic carbocycles. The molecule has 8 heavy (non-hydrogen) atoms. The Morgan fingerprint density at radius 2 is 2.25 bits per heavy atom. The van der Waals surface area contributed by atoms with Gasteiger partial charge < -0.3 is 5.73 Å². The van der Waals surface area contributed by atoms with Gasteiger partial charge in [0.1, 0.15) is 0 Å². The van der Waals surface area contributed by atoms with Crippen LogP contribution in [-0.4, -0.2) is 10.9 Å². The fourth-order valence-corrected chi connectivity index (χ4v) is 1.10. The van der Waals surface area contributed by atoms with Crippen LogP contribution < -0.4 is 5.73 Å². The normalized spacial score (nSPS) is 7.62. The quantitative estimate of drug-likeness (QED) is 0.379. The van der Waals surface area contributed by atoms with Crippen LogP contribution in [0.15, 0.2) is 0 Å². The third kappa shape index (κ3) is 9.68. The molecule has 0 aromatic heterocycles. The highest BCUT2D eigenvalue weighted by atomic mass is 35.5. The predicted molar refractivity (Wildman–Crippen MR) is 44.9 cm³/mol. The third-order valence-corrected chi connectivity index (χ3v) is 2.40. The van der Waals surface area contributed by atoms with Crippen LogP contribution in [0, 0.1) is 5.41 Å². The number of nitrogens with two attached hydrogens (primary N) is 1. The highest BCUT2D eigenvalue weighted by Gasteiger charge is 1.85. The summed E-state index contributed by atoms with van der Waals surface area (Å²) in [6.07, 6.45) is 0. The highest BCUT2D eigenvalue weighted by molar-refractivity contribution is 8.82. The molecule has 0 rings (SSSR count). The average Bonchev–Trinajstić information content (AvgIpc) is 1.61. The van der Waals surface area contributed by atoms with E-state index >= 15 is 0 Å². The summed E-state index contributed by atoms with van der Waals surface area (Å²) < 4.78 is 0. The Balaban J connectivity index is 0. The van der Waals surface area contributed by atoms with Crippen LogP contribution in [0.4, 0.5) is 0 Å². The Morgan fingerprint density at radius 1 is 1.75 bits per heavy atom. The molecule has 0 spiro atoms. The Bertz CT molecular complexity index is 68.3. The zero-order valence-corrected chi connectivity index (χ0v) is 6.96. The van der Waals surface area contributed by atoms with Gasteiger partial charge in [-0.2, -0.15) is 0 Å². The van der Waals surface area contributed by atoms with E-state index in [0.717, 1.165) is 5.75 Å². The Labute approximate surface area is 63.3 Å². The molecule has 0 unspecified atom stereocenters. The van der Waals surface area contributed by atoms with Crippen molar-refractivity contribution in [1.82, 2.24) is 0 Å². The molecule has 2 nitrogen and oxygen atoms in total. The lowest BCUT2D eigenvalue weighted by molar-refractivity contribution is 1.51. The van der Waals surface area contributed by atoms with E-state index in [9.17, 15) is 0 Å². The van der Waals surface area contributed by atoms with Crippen LogP contribution >= 0.6 is 34.0 Å². The van der Waals surface area contributed by atoms with Gasteiger partial charge in [-0.3, -0.25) is 5.41 Å². The maximum atomic E-state index is 6.72. The lowest BCUT2D eigenvalue weighted by Crippen LogP contribution is -2.00. The monoisotopic (exact) mass is 172 g/mol. The molecule has 0 radical (unpaired) electrons. The van der Waals surface area contributed by atoms with Crippen molar-refractivity contribution in [3.63, 3.8) is 0 Å². The second kappa shape index (κ2) is 7.46. The molecule has 0 atom stereocenters. The van der Waals surface area contributed by atoms with E-state index in [1.807, 2.05) is 6.92 Å². The molecular formula is C3H9ClN2S2. The van der Waals surface area contributed by atoms with Crippen molar-refractivity contribution in [2.24, 2.45) is 5.73 Å². The summed E-state index contributed by atoms with van der Waals surface area (Å²) in [5, 5.41) is 6.90. The summed E-state index contributed by atoms with van der Waals surface area (Å²) in [5.41, 5.74) is 5.00. The van der Waals surface area contributed by atoms with Gasteiger partial charge in [0.2, 0.25) is 0 Å². The first kappa shape index (κ1) is 11.3. The molecule has 0 heterocycles. The van der Waals surface area contributed by atoms with Crippen LogP contribution in [0.1, 0.15) is 6.92 Å². The van der Waals surface area contributed by atoms with Gasteiger partial charge in [0, 0.05) is 5.75 Å². The molecule has 0 saturated carbocycles. The fraction of sp³-hybridized carbons (Fsp3) is 0.667. The maximum Gasteiger partial charge on any atom is 0.161 e. The van der Waals surface area contributed by atoms with E-state index < -0.39 is 0 Å². The van der Waals surface area contributed by atoms with Crippen molar-refractivity contribution >= 4 is 39.2 Å². The van der Waals surface area contributed by atoms with Crippen molar-refractivity contribution in [3.8, 4) is 0 Å². The van der Waals surface area contributed by atoms with Crippen LogP contribution in [0.25, 0.3) is 0 Å². The molecule has 50 valence electrons. The number of nitrogens with one attached hydrogen (secondary N) is 1. The van der Waals surface area contributed by atoms with Gasteiger partial charge in [0.25, 0.3) is 0 Å². The van der Waals surface area contributed by atoms with Gasteiger partial charge in [0.05, 0.1) is 0 Å². The van der Waals surface area contributed by atoms with Crippen molar-refractivity contribution < 1.29 is 0 Å². The van der Waals surface area contributed by atoms with E-state index in [2.05, 4.69) is 0 Å². The summed E-state index contributed by atoms with van der Waals surface area (Å²) in [7, 11) is 2.89. The molecule has 0 bridgehead atoms. The van der Waals surface area contributed by atoms with Crippen molar-refractivity contribution in [1.29, 1.82) is 5.41 Å². The maximum absolute atomic E-state index is 6.72. The molecule has 0 aliphatic rings. The van der Waals surface area contributed by atoms with Gasteiger partial charge in [-0.25, -0.2) is 0 Å². The summed E-state index contributed by atoms with van der Waals surface area (Å²) in [5.74, 6) is 1.00. The number of halogens is 1. The SMILES string of the molecule is CCSSC(=N)N.Cl. The Hall–Kier alpha value is 0.460. The number of amidine groups is 1. The minimum atomic E-state index is 0. The second-order valence-electron chi connectivity index (χ2n) is 0.854. The number of hydrogen-bond donors (Lipinski definition) is 2. The number of hydrogen-bond acceptors (Lipinski definition) is 3.